The van der Waals surface area contributed by atoms with E-state index in [0.29, 0.717) is 18.8 Å². The normalized spacial score (nSPS) is 14.3. The molecule has 0 atom stereocenters. The summed E-state index contributed by atoms with van der Waals surface area (Å²) in [5, 5.41) is -0.107. The fourth-order valence-corrected chi connectivity index (χ4v) is 5.34. The standard InChI is InChI=1S/C34H34F3NO6/c1-3-8-22-9-13-25(14-10-22)42-31-29(39)26-17-18-28(43-33(40)23-11-15-24(41-2)16-12-23)27(21-38-19-6-4-5-7-20-38)30(26)44-32(31)34(35,36)37/h9-18H,3-8,19-21H2,1-2H3. The Bertz CT molecular complexity index is 1650. The number of esters is 1. The van der Waals surface area contributed by atoms with E-state index in [9.17, 15) is 22.8 Å². The fourth-order valence-electron chi connectivity index (χ4n) is 5.34. The van der Waals surface area contributed by atoms with Gasteiger partial charge in [0, 0.05) is 6.54 Å². The van der Waals surface area contributed by atoms with Crippen molar-refractivity contribution in [2.24, 2.45) is 0 Å². The fraction of sp³-hybridized carbons (Fsp3) is 0.353. The number of halogens is 3. The Morgan fingerprint density at radius 3 is 2.18 bits per heavy atom. The highest BCUT2D eigenvalue weighted by molar-refractivity contribution is 5.92. The zero-order valence-corrected chi connectivity index (χ0v) is 24.7. The summed E-state index contributed by atoms with van der Waals surface area (Å²) < 4.78 is 65.3. The second-order valence-corrected chi connectivity index (χ2v) is 10.8. The summed E-state index contributed by atoms with van der Waals surface area (Å²) in [6.07, 6.45) is 0.580. The molecule has 0 saturated carbocycles. The minimum Gasteiger partial charge on any atom is -0.497 e. The van der Waals surface area contributed by atoms with E-state index in [-0.39, 0.29) is 40.1 Å². The van der Waals surface area contributed by atoms with E-state index in [0.717, 1.165) is 44.1 Å². The van der Waals surface area contributed by atoms with Gasteiger partial charge in [0.1, 0.15) is 22.8 Å². The lowest BCUT2D eigenvalue weighted by molar-refractivity contribution is -0.154. The molecule has 10 heteroatoms. The quantitative estimate of drug-likeness (QED) is 0.140. The van der Waals surface area contributed by atoms with Crippen molar-refractivity contribution in [1.29, 1.82) is 0 Å². The Kier molecular flexibility index (Phi) is 9.58. The topological polar surface area (TPSA) is 78.2 Å². The number of carbonyl (C=O) groups excluding carboxylic acids is 1. The van der Waals surface area contributed by atoms with Crippen molar-refractivity contribution in [2.75, 3.05) is 20.2 Å². The minimum atomic E-state index is -5.04. The first-order valence-corrected chi connectivity index (χ1v) is 14.7. The molecule has 5 rings (SSSR count). The molecule has 7 nitrogen and oxygen atoms in total. The molecule has 3 aromatic carbocycles. The Morgan fingerprint density at radius 1 is 0.909 bits per heavy atom. The first-order valence-electron chi connectivity index (χ1n) is 14.7. The molecule has 1 aromatic heterocycles. The van der Waals surface area contributed by atoms with Gasteiger partial charge in [0.2, 0.25) is 11.2 Å². The van der Waals surface area contributed by atoms with Gasteiger partial charge in [0.15, 0.2) is 0 Å². The van der Waals surface area contributed by atoms with Crippen LogP contribution in [0.5, 0.6) is 23.0 Å². The molecule has 4 aromatic rings. The lowest BCUT2D eigenvalue weighted by Crippen LogP contribution is -2.25. The van der Waals surface area contributed by atoms with E-state index in [4.69, 9.17) is 18.6 Å². The number of alkyl halides is 3. The third-order valence-electron chi connectivity index (χ3n) is 7.63. The molecule has 1 aliphatic heterocycles. The Morgan fingerprint density at radius 2 is 1.57 bits per heavy atom. The van der Waals surface area contributed by atoms with Crippen LogP contribution in [-0.2, 0) is 19.1 Å². The van der Waals surface area contributed by atoms with Gasteiger partial charge in [0.05, 0.1) is 23.6 Å². The monoisotopic (exact) mass is 609 g/mol. The number of likely N-dealkylation sites (tertiary alicyclic amines) is 1. The number of methoxy groups -OCH3 is 1. The van der Waals surface area contributed by atoms with Crippen LogP contribution >= 0.6 is 0 Å². The maximum Gasteiger partial charge on any atom is 0.453 e. The summed E-state index contributed by atoms with van der Waals surface area (Å²) in [5.74, 6) is -2.57. The van der Waals surface area contributed by atoms with Crippen molar-refractivity contribution in [3.8, 4) is 23.0 Å². The van der Waals surface area contributed by atoms with Crippen LogP contribution in [0.4, 0.5) is 13.2 Å². The largest absolute Gasteiger partial charge is 0.497 e. The van der Waals surface area contributed by atoms with Gasteiger partial charge < -0.3 is 18.6 Å². The molecular formula is C34H34F3NO6. The predicted octanol–water partition coefficient (Wildman–Crippen LogP) is 8.16. The zero-order chi connectivity index (χ0) is 31.3. The smallest absolute Gasteiger partial charge is 0.453 e. The molecule has 232 valence electrons. The van der Waals surface area contributed by atoms with Crippen LogP contribution in [0.3, 0.4) is 0 Å². The summed E-state index contributed by atoms with van der Waals surface area (Å²) in [5.41, 5.74) is 0.136. The average molecular weight is 610 g/mol. The van der Waals surface area contributed by atoms with Gasteiger partial charge in [-0.15, -0.1) is 0 Å². The predicted molar refractivity (Wildman–Crippen MR) is 160 cm³/mol. The molecule has 0 unspecified atom stereocenters. The molecule has 0 bridgehead atoms. The van der Waals surface area contributed by atoms with Gasteiger partial charge in [-0.3, -0.25) is 9.69 Å². The van der Waals surface area contributed by atoms with Gasteiger partial charge in [-0.1, -0.05) is 38.3 Å². The van der Waals surface area contributed by atoms with Crippen LogP contribution < -0.4 is 19.6 Å². The van der Waals surface area contributed by atoms with Gasteiger partial charge in [-0.25, -0.2) is 4.79 Å². The van der Waals surface area contributed by atoms with Crippen molar-refractivity contribution < 1.29 is 36.6 Å². The number of hydrogen-bond donors (Lipinski definition) is 0. The molecule has 0 N–H and O–H groups in total. The molecule has 0 aliphatic carbocycles. The first-order chi connectivity index (χ1) is 21.2. The molecule has 0 spiro atoms. The highest BCUT2D eigenvalue weighted by Crippen LogP contribution is 2.40. The molecule has 0 radical (unpaired) electrons. The van der Waals surface area contributed by atoms with E-state index in [1.807, 2.05) is 6.92 Å². The lowest BCUT2D eigenvalue weighted by Gasteiger charge is -2.22. The van der Waals surface area contributed by atoms with E-state index in [2.05, 4.69) is 4.90 Å². The molecular weight excluding hydrogens is 575 g/mol. The highest BCUT2D eigenvalue weighted by Gasteiger charge is 2.41. The third-order valence-corrected chi connectivity index (χ3v) is 7.63. The number of hydrogen-bond acceptors (Lipinski definition) is 7. The number of aryl methyl sites for hydroxylation is 1. The van der Waals surface area contributed by atoms with E-state index < -0.39 is 29.1 Å². The van der Waals surface area contributed by atoms with Crippen molar-refractivity contribution in [3.63, 3.8) is 0 Å². The van der Waals surface area contributed by atoms with Crippen LogP contribution in [0.25, 0.3) is 11.0 Å². The van der Waals surface area contributed by atoms with Gasteiger partial charge >= 0.3 is 12.1 Å². The number of rotatable bonds is 9. The Hall–Kier alpha value is -4.31. The molecule has 1 fully saturated rings. The van der Waals surface area contributed by atoms with Crippen molar-refractivity contribution >= 4 is 16.9 Å². The van der Waals surface area contributed by atoms with Crippen molar-refractivity contribution in [3.05, 3.63) is 93.3 Å². The van der Waals surface area contributed by atoms with Crippen LogP contribution in [0.2, 0.25) is 0 Å². The van der Waals surface area contributed by atoms with Gasteiger partial charge in [-0.05, 0) is 86.4 Å². The van der Waals surface area contributed by atoms with Crippen LogP contribution in [-0.4, -0.2) is 31.1 Å². The first kappa shape index (κ1) is 31.1. The SMILES string of the molecule is CCCc1ccc(Oc2c(C(F)(F)F)oc3c(CN4CCCCCC4)c(OC(=O)c4ccc(OC)cc4)ccc3c2=O)cc1. The van der Waals surface area contributed by atoms with E-state index >= 15 is 0 Å². The maximum absolute atomic E-state index is 14.4. The molecule has 0 amide bonds. The number of nitrogens with zero attached hydrogens (tertiary/aromatic N) is 1. The summed E-state index contributed by atoms with van der Waals surface area (Å²) >= 11 is 0. The van der Waals surface area contributed by atoms with Crippen LogP contribution in [0.1, 0.15) is 66.3 Å². The molecule has 44 heavy (non-hydrogen) atoms. The van der Waals surface area contributed by atoms with Gasteiger partial charge in [-0.2, -0.15) is 13.2 Å². The molecule has 1 aliphatic rings. The highest BCUT2D eigenvalue weighted by atomic mass is 19.4. The maximum atomic E-state index is 14.4. The number of carbonyl (C=O) groups is 1. The summed E-state index contributed by atoms with van der Waals surface area (Å²) in [6.45, 7) is 3.55. The number of benzene rings is 3. The van der Waals surface area contributed by atoms with Crippen LogP contribution in [0, 0.1) is 0 Å². The third kappa shape index (κ3) is 7.07. The Balaban J connectivity index is 1.61. The number of ether oxygens (including phenoxy) is 3. The van der Waals surface area contributed by atoms with E-state index in [1.165, 1.54) is 43.5 Å². The summed E-state index contributed by atoms with van der Waals surface area (Å²) in [6, 6.07) is 15.5. The molecule has 2 heterocycles. The van der Waals surface area contributed by atoms with Gasteiger partial charge in [0.25, 0.3) is 5.76 Å². The second kappa shape index (κ2) is 13.5. The zero-order valence-electron chi connectivity index (χ0n) is 24.7. The second-order valence-electron chi connectivity index (χ2n) is 10.8. The lowest BCUT2D eigenvalue weighted by atomic mass is 10.1. The van der Waals surface area contributed by atoms with Crippen molar-refractivity contribution in [2.45, 2.75) is 58.2 Å². The van der Waals surface area contributed by atoms with Crippen molar-refractivity contribution in [1.82, 2.24) is 4.90 Å². The minimum absolute atomic E-state index is 0.0130. The summed E-state index contributed by atoms with van der Waals surface area (Å²) in [4.78, 5) is 28.8. The molecule has 1 saturated heterocycles. The summed E-state index contributed by atoms with van der Waals surface area (Å²) in [7, 11) is 1.50. The van der Waals surface area contributed by atoms with E-state index in [1.54, 1.807) is 24.3 Å². The number of fused-ring (bicyclic) bond motifs is 1. The van der Waals surface area contributed by atoms with Crippen LogP contribution in [0.15, 0.2) is 69.9 Å². The average Bonchev–Trinajstić information content (AvgIpc) is 3.29. The Labute approximate surface area is 253 Å².